The number of methoxy groups -OCH3 is 1. The van der Waals surface area contributed by atoms with Crippen LogP contribution < -0.4 is 26.0 Å². The number of halogens is 3. The summed E-state index contributed by atoms with van der Waals surface area (Å²) in [5.41, 5.74) is 1.24. The highest BCUT2D eigenvalue weighted by atomic mass is 19.4. The Labute approximate surface area is 283 Å². The minimum absolute atomic E-state index is 0.0731. The molecule has 4 bridgehead atoms. The average Bonchev–Trinajstić information content (AvgIpc) is 3.67. The molecule has 1 aromatic heterocycles. The molecule has 9 rings (SSSR count). The number of hydrogen-bond acceptors (Lipinski definition) is 9. The number of ether oxygens (including phenoxy) is 1. The molecule has 1 amide bonds. The lowest BCUT2D eigenvalue weighted by molar-refractivity contribution is -0.137. The lowest BCUT2D eigenvalue weighted by Crippen LogP contribution is -2.55. The van der Waals surface area contributed by atoms with Gasteiger partial charge in [0.2, 0.25) is 5.95 Å². The first-order valence-corrected chi connectivity index (χ1v) is 17.2. The Bertz CT molecular complexity index is 1800. The van der Waals surface area contributed by atoms with Crippen LogP contribution in [0.2, 0.25) is 0 Å². The van der Waals surface area contributed by atoms with Crippen LogP contribution in [0.15, 0.2) is 42.6 Å². The van der Waals surface area contributed by atoms with Gasteiger partial charge in [-0.05, 0) is 92.9 Å². The van der Waals surface area contributed by atoms with Gasteiger partial charge in [-0.3, -0.25) is 9.69 Å². The zero-order chi connectivity index (χ0) is 34.3. The van der Waals surface area contributed by atoms with Crippen LogP contribution in [0.5, 0.6) is 5.75 Å². The van der Waals surface area contributed by atoms with E-state index in [2.05, 4.69) is 36.1 Å². The van der Waals surface area contributed by atoms with Crippen molar-refractivity contribution >= 4 is 34.7 Å². The number of hydrogen-bond donors (Lipinski definition) is 5. The summed E-state index contributed by atoms with van der Waals surface area (Å²) in [6.45, 7) is 3.80. The van der Waals surface area contributed by atoms with Gasteiger partial charge in [-0.25, -0.2) is 4.98 Å². The summed E-state index contributed by atoms with van der Waals surface area (Å²) >= 11 is 0. The summed E-state index contributed by atoms with van der Waals surface area (Å²) in [5.74, 6) is 2.31. The maximum absolute atomic E-state index is 14.0. The molecule has 0 radical (unpaired) electrons. The maximum Gasteiger partial charge on any atom is 0.421 e. The number of carbonyl (C=O) groups excluding carboxylic acids is 1. The number of rotatable bonds is 9. The Morgan fingerprint density at radius 1 is 1.10 bits per heavy atom. The van der Waals surface area contributed by atoms with Crippen molar-refractivity contribution in [3.05, 3.63) is 59.3 Å². The number of para-hydroxylation sites is 1. The second-order valence-corrected chi connectivity index (χ2v) is 14.6. The summed E-state index contributed by atoms with van der Waals surface area (Å²) in [5, 5.41) is 23.0. The molecule has 13 heteroatoms. The highest BCUT2D eigenvalue weighted by Gasteiger charge is 2.82. The molecule has 49 heavy (non-hydrogen) atoms. The number of piperidine rings is 1. The van der Waals surface area contributed by atoms with Gasteiger partial charge in [0.05, 0.1) is 29.6 Å². The molecule has 2 heterocycles. The van der Waals surface area contributed by atoms with E-state index in [1.54, 1.807) is 25.1 Å². The predicted molar refractivity (Wildman–Crippen MR) is 179 cm³/mol. The first-order chi connectivity index (χ1) is 23.4. The number of benzene rings is 2. The summed E-state index contributed by atoms with van der Waals surface area (Å²) in [4.78, 5) is 23.4. The van der Waals surface area contributed by atoms with Crippen LogP contribution >= 0.6 is 0 Å². The van der Waals surface area contributed by atoms with Gasteiger partial charge < -0.3 is 31.1 Å². The molecule has 1 saturated heterocycles. The molecule has 6 atom stereocenters. The minimum atomic E-state index is -4.74. The van der Waals surface area contributed by atoms with Crippen LogP contribution in [0.1, 0.15) is 60.0 Å². The fourth-order valence-electron chi connectivity index (χ4n) is 10.2. The van der Waals surface area contributed by atoms with Crippen LogP contribution in [-0.2, 0) is 6.18 Å². The first-order valence-electron chi connectivity index (χ1n) is 17.2. The number of anilines is 5. The topological polar surface area (TPSA) is 124 Å². The van der Waals surface area contributed by atoms with Crippen LogP contribution in [0.4, 0.5) is 42.0 Å². The van der Waals surface area contributed by atoms with Crippen molar-refractivity contribution < 1.29 is 27.8 Å². The number of likely N-dealkylation sites (tertiary alicyclic amines) is 1. The molecule has 2 aromatic carbocycles. The third kappa shape index (κ3) is 5.27. The predicted octanol–water partition coefficient (Wildman–Crippen LogP) is 6.09. The second kappa shape index (κ2) is 11.5. The third-order valence-electron chi connectivity index (χ3n) is 12.0. The lowest BCUT2D eigenvalue weighted by atomic mass is 9.63. The molecule has 3 aromatic rings. The van der Waals surface area contributed by atoms with Gasteiger partial charge in [0.25, 0.3) is 5.91 Å². The normalized spacial score (nSPS) is 30.2. The number of alkyl halides is 3. The molecule has 6 fully saturated rings. The van der Waals surface area contributed by atoms with Gasteiger partial charge >= 0.3 is 6.18 Å². The van der Waals surface area contributed by atoms with Crippen LogP contribution in [-0.4, -0.2) is 70.3 Å². The monoisotopic (exact) mass is 677 g/mol. The molecule has 260 valence electrons. The Morgan fingerprint density at radius 2 is 1.90 bits per heavy atom. The van der Waals surface area contributed by atoms with E-state index < -0.39 is 29.1 Å². The van der Waals surface area contributed by atoms with E-state index in [-0.39, 0.29) is 17.2 Å². The zero-order valence-electron chi connectivity index (χ0n) is 27.8. The van der Waals surface area contributed by atoms with Crippen molar-refractivity contribution in [2.45, 2.75) is 68.8 Å². The van der Waals surface area contributed by atoms with Crippen molar-refractivity contribution in [2.24, 2.45) is 23.7 Å². The molecular weight excluding hydrogens is 635 g/mol. The summed E-state index contributed by atoms with van der Waals surface area (Å²) in [6, 6.07) is 10.8. The number of aryl methyl sites for hydroxylation is 1. The molecule has 1 aliphatic heterocycles. The van der Waals surface area contributed by atoms with E-state index in [0.29, 0.717) is 46.3 Å². The van der Waals surface area contributed by atoms with E-state index in [0.717, 1.165) is 63.0 Å². The maximum atomic E-state index is 14.0. The smallest absolute Gasteiger partial charge is 0.421 e. The van der Waals surface area contributed by atoms with Crippen molar-refractivity contribution in [3.63, 3.8) is 0 Å². The standard InChI is InChI=1S/C36H42F3N7O3/c1-19-5-4-6-24(32(47)40-2)30(19)44-31-26(36(37,38)39)18-41-33(45-31)43-27-8-7-23(14-28(27)49-3)42-22-9-11-46(12-10-22)35-21-13-20-15-34(48,16-21)17-25(35)29(20)35/h4-8,14,18,20-22,25,29,42,48H,9-13,15-17H2,1-3H3,(H,40,47)(H2,41,43,44,45)/t20?,21?,25?,29?,34-,35-/m1/s1. The van der Waals surface area contributed by atoms with Gasteiger partial charge in [0.15, 0.2) is 0 Å². The molecule has 4 unspecified atom stereocenters. The van der Waals surface area contributed by atoms with Crippen LogP contribution in [0, 0.1) is 30.6 Å². The second-order valence-electron chi connectivity index (χ2n) is 14.6. The van der Waals surface area contributed by atoms with Gasteiger partial charge in [-0.2, -0.15) is 18.2 Å². The molecular formula is C36H42F3N7O3. The van der Waals surface area contributed by atoms with E-state index in [1.165, 1.54) is 26.6 Å². The van der Waals surface area contributed by atoms with Gasteiger partial charge in [0, 0.05) is 49.7 Å². The molecule has 5 N–H and O–H groups in total. The van der Waals surface area contributed by atoms with E-state index in [9.17, 15) is 23.1 Å². The number of nitrogens with one attached hydrogen (secondary N) is 4. The number of aliphatic hydroxyl groups is 1. The fourth-order valence-corrected chi connectivity index (χ4v) is 10.2. The zero-order valence-corrected chi connectivity index (χ0v) is 27.8. The Kier molecular flexibility index (Phi) is 7.52. The highest BCUT2D eigenvalue weighted by molar-refractivity contribution is 6.00. The molecule has 10 nitrogen and oxygen atoms in total. The quantitative estimate of drug-likeness (QED) is 0.183. The van der Waals surface area contributed by atoms with E-state index in [4.69, 9.17) is 4.74 Å². The Balaban J connectivity index is 0.958. The van der Waals surface area contributed by atoms with E-state index in [1.807, 2.05) is 12.1 Å². The average molecular weight is 678 g/mol. The van der Waals surface area contributed by atoms with Crippen LogP contribution in [0.25, 0.3) is 0 Å². The van der Waals surface area contributed by atoms with Gasteiger partial charge in [0.1, 0.15) is 17.1 Å². The summed E-state index contributed by atoms with van der Waals surface area (Å²) in [6.07, 6.45) is 2.31. The largest absolute Gasteiger partial charge is 0.494 e. The fraction of sp³-hybridized carbons (Fsp3) is 0.528. The lowest BCUT2D eigenvalue weighted by Gasteiger charge is -2.50. The Morgan fingerprint density at radius 3 is 2.61 bits per heavy atom. The Hall–Kier alpha value is -4.10. The highest BCUT2D eigenvalue weighted by Crippen LogP contribution is 2.80. The van der Waals surface area contributed by atoms with Crippen molar-refractivity contribution in [3.8, 4) is 5.75 Å². The molecule has 5 saturated carbocycles. The SMILES string of the molecule is CNC(=O)c1cccc(C)c1Nc1nc(Nc2ccc(NC3CCN([C@]45C6CC7C[C@@](O)(C6)CC4C75)CC3)cc2OC)ncc1C(F)(F)F. The van der Waals surface area contributed by atoms with Crippen molar-refractivity contribution in [2.75, 3.05) is 43.2 Å². The number of aromatic nitrogens is 2. The summed E-state index contributed by atoms with van der Waals surface area (Å²) in [7, 11) is 2.99. The van der Waals surface area contributed by atoms with E-state index >= 15 is 0 Å². The molecule has 0 spiro atoms. The van der Waals surface area contributed by atoms with Crippen molar-refractivity contribution in [1.29, 1.82) is 0 Å². The van der Waals surface area contributed by atoms with Crippen LogP contribution in [0.3, 0.4) is 0 Å². The molecule has 5 aliphatic carbocycles. The van der Waals surface area contributed by atoms with Crippen molar-refractivity contribution in [1.82, 2.24) is 20.2 Å². The number of carbonyl (C=O) groups is 1. The summed E-state index contributed by atoms with van der Waals surface area (Å²) < 4.78 is 47.8. The third-order valence-corrected chi connectivity index (χ3v) is 12.0. The first kappa shape index (κ1) is 32.1. The number of nitrogens with zero attached hydrogens (tertiary/aromatic N) is 3. The number of amides is 1. The minimum Gasteiger partial charge on any atom is -0.494 e. The van der Waals surface area contributed by atoms with Gasteiger partial charge in [-0.1, -0.05) is 12.1 Å². The molecule has 6 aliphatic rings. The van der Waals surface area contributed by atoms with Gasteiger partial charge in [-0.15, -0.1) is 0 Å².